The third kappa shape index (κ3) is 3.77. The SMILES string of the molecule is Cc1ccc(C2(CN(C)Cc3c(C)nn(C)c3C)CCNCC2)nc1. The molecule has 5 nitrogen and oxygen atoms in total. The summed E-state index contributed by atoms with van der Waals surface area (Å²) in [6, 6.07) is 4.43. The van der Waals surface area contributed by atoms with Crippen LogP contribution < -0.4 is 5.32 Å². The summed E-state index contributed by atoms with van der Waals surface area (Å²) < 4.78 is 1.99. The van der Waals surface area contributed by atoms with Crippen LogP contribution in [0.2, 0.25) is 0 Å². The number of nitrogens with zero attached hydrogens (tertiary/aromatic N) is 4. The van der Waals surface area contributed by atoms with Crippen molar-refractivity contribution >= 4 is 0 Å². The highest BCUT2D eigenvalue weighted by Gasteiger charge is 2.36. The van der Waals surface area contributed by atoms with Gasteiger partial charge in [-0.25, -0.2) is 0 Å². The van der Waals surface area contributed by atoms with Gasteiger partial charge in [-0.2, -0.15) is 5.10 Å². The van der Waals surface area contributed by atoms with E-state index in [-0.39, 0.29) is 5.41 Å². The van der Waals surface area contributed by atoms with Crippen LogP contribution in [0.4, 0.5) is 0 Å². The van der Waals surface area contributed by atoms with Crippen LogP contribution in [-0.4, -0.2) is 46.3 Å². The number of rotatable bonds is 5. The Morgan fingerprint density at radius 2 is 1.92 bits per heavy atom. The molecule has 0 radical (unpaired) electrons. The lowest BCUT2D eigenvalue weighted by molar-refractivity contribution is 0.191. The Labute approximate surface area is 151 Å². The number of nitrogens with one attached hydrogen (secondary N) is 1. The van der Waals surface area contributed by atoms with E-state index in [1.54, 1.807) is 0 Å². The van der Waals surface area contributed by atoms with Crippen LogP contribution in [0.15, 0.2) is 18.3 Å². The fraction of sp³-hybridized carbons (Fsp3) is 0.600. The molecule has 0 bridgehead atoms. The lowest BCUT2D eigenvalue weighted by atomic mass is 9.75. The van der Waals surface area contributed by atoms with E-state index in [1.165, 1.54) is 22.5 Å². The van der Waals surface area contributed by atoms with Crippen molar-refractivity contribution < 1.29 is 0 Å². The maximum Gasteiger partial charge on any atom is 0.0641 e. The maximum atomic E-state index is 4.80. The summed E-state index contributed by atoms with van der Waals surface area (Å²) in [5.74, 6) is 0. The van der Waals surface area contributed by atoms with Gasteiger partial charge in [0.15, 0.2) is 0 Å². The molecule has 0 aliphatic carbocycles. The molecule has 3 rings (SSSR count). The van der Waals surface area contributed by atoms with E-state index in [9.17, 15) is 0 Å². The molecule has 0 unspecified atom stereocenters. The first-order valence-corrected chi connectivity index (χ1v) is 9.23. The number of hydrogen-bond donors (Lipinski definition) is 1. The third-order valence-electron chi connectivity index (χ3n) is 5.67. The van der Waals surface area contributed by atoms with Crippen LogP contribution in [0.25, 0.3) is 0 Å². The molecule has 2 aromatic rings. The second kappa shape index (κ2) is 7.26. The Hall–Kier alpha value is -1.72. The Balaban J connectivity index is 1.81. The zero-order chi connectivity index (χ0) is 18.0. The molecule has 1 aliphatic heterocycles. The predicted octanol–water partition coefficient (Wildman–Crippen LogP) is 2.49. The molecule has 0 aromatic carbocycles. The summed E-state index contributed by atoms with van der Waals surface area (Å²) in [6.07, 6.45) is 4.28. The minimum Gasteiger partial charge on any atom is -0.317 e. The Morgan fingerprint density at radius 3 is 2.48 bits per heavy atom. The van der Waals surface area contributed by atoms with E-state index in [4.69, 9.17) is 4.98 Å². The molecule has 0 spiro atoms. The fourth-order valence-electron chi connectivity index (χ4n) is 4.07. The van der Waals surface area contributed by atoms with Gasteiger partial charge < -0.3 is 10.2 Å². The van der Waals surface area contributed by atoms with E-state index in [0.717, 1.165) is 44.7 Å². The summed E-state index contributed by atoms with van der Waals surface area (Å²) in [5, 5.41) is 8.07. The van der Waals surface area contributed by atoms with Gasteiger partial charge in [-0.3, -0.25) is 9.67 Å². The molecule has 0 amide bonds. The van der Waals surface area contributed by atoms with Crippen LogP contribution in [-0.2, 0) is 19.0 Å². The first kappa shape index (κ1) is 18.1. The number of aryl methyl sites for hydroxylation is 3. The van der Waals surface area contributed by atoms with Crippen LogP contribution in [0.5, 0.6) is 0 Å². The second-order valence-electron chi connectivity index (χ2n) is 7.70. The van der Waals surface area contributed by atoms with Gasteiger partial charge >= 0.3 is 0 Å². The van der Waals surface area contributed by atoms with Crippen molar-refractivity contribution in [2.75, 3.05) is 26.7 Å². The fourth-order valence-corrected chi connectivity index (χ4v) is 4.07. The molecule has 1 fully saturated rings. The largest absolute Gasteiger partial charge is 0.317 e. The van der Waals surface area contributed by atoms with Crippen molar-refractivity contribution in [3.05, 3.63) is 46.5 Å². The monoisotopic (exact) mass is 341 g/mol. The van der Waals surface area contributed by atoms with Crippen LogP contribution in [0.1, 0.15) is 41.1 Å². The molecule has 3 heterocycles. The van der Waals surface area contributed by atoms with Crippen LogP contribution >= 0.6 is 0 Å². The zero-order valence-corrected chi connectivity index (χ0v) is 16.3. The quantitative estimate of drug-likeness (QED) is 0.908. The molecule has 136 valence electrons. The van der Waals surface area contributed by atoms with E-state index >= 15 is 0 Å². The van der Waals surface area contributed by atoms with Gasteiger partial charge in [0.05, 0.1) is 5.69 Å². The van der Waals surface area contributed by atoms with E-state index < -0.39 is 0 Å². The molecule has 1 saturated heterocycles. The first-order chi connectivity index (χ1) is 11.9. The standard InChI is InChI=1S/C20H31N5/c1-15-6-7-19(22-12-15)20(8-10-21-11-9-20)14-24(4)13-18-16(2)23-25(5)17(18)3/h6-7,12,21H,8-11,13-14H2,1-5H3. The molecule has 0 atom stereocenters. The van der Waals surface area contributed by atoms with Gasteiger partial charge in [0, 0.05) is 48.7 Å². The van der Waals surface area contributed by atoms with Gasteiger partial charge in [0.1, 0.15) is 0 Å². The lowest BCUT2D eigenvalue weighted by Gasteiger charge is -2.40. The average Bonchev–Trinajstić information content (AvgIpc) is 2.82. The predicted molar refractivity (Wildman–Crippen MR) is 102 cm³/mol. The van der Waals surface area contributed by atoms with Gasteiger partial charge in [0.2, 0.25) is 0 Å². The molecule has 25 heavy (non-hydrogen) atoms. The highest BCUT2D eigenvalue weighted by Crippen LogP contribution is 2.33. The minimum atomic E-state index is 0.137. The zero-order valence-electron chi connectivity index (χ0n) is 16.3. The first-order valence-electron chi connectivity index (χ1n) is 9.23. The van der Waals surface area contributed by atoms with Gasteiger partial charge in [-0.1, -0.05) is 6.07 Å². The molecule has 2 aromatic heterocycles. The molecule has 5 heteroatoms. The molecular formula is C20H31N5. The maximum absolute atomic E-state index is 4.80. The van der Waals surface area contributed by atoms with Crippen molar-refractivity contribution in [2.24, 2.45) is 7.05 Å². The number of likely N-dealkylation sites (N-methyl/N-ethyl adjacent to an activating group) is 1. The Kier molecular flexibility index (Phi) is 5.25. The van der Waals surface area contributed by atoms with Crippen LogP contribution in [0, 0.1) is 20.8 Å². The highest BCUT2D eigenvalue weighted by molar-refractivity contribution is 5.25. The van der Waals surface area contributed by atoms with Gasteiger partial charge in [-0.15, -0.1) is 0 Å². The number of pyridine rings is 1. The average molecular weight is 342 g/mol. The van der Waals surface area contributed by atoms with Crippen molar-refractivity contribution in [3.63, 3.8) is 0 Å². The second-order valence-corrected chi connectivity index (χ2v) is 7.70. The van der Waals surface area contributed by atoms with E-state index in [2.05, 4.69) is 55.3 Å². The summed E-state index contributed by atoms with van der Waals surface area (Å²) in [4.78, 5) is 7.25. The van der Waals surface area contributed by atoms with Crippen molar-refractivity contribution in [3.8, 4) is 0 Å². The smallest absolute Gasteiger partial charge is 0.0641 e. The summed E-state index contributed by atoms with van der Waals surface area (Å²) in [7, 11) is 4.25. The topological polar surface area (TPSA) is 46.0 Å². The summed E-state index contributed by atoms with van der Waals surface area (Å²) >= 11 is 0. The molecular weight excluding hydrogens is 310 g/mol. The normalized spacial score (nSPS) is 17.2. The molecule has 1 aliphatic rings. The van der Waals surface area contributed by atoms with Crippen molar-refractivity contribution in [1.29, 1.82) is 0 Å². The molecule has 0 saturated carbocycles. The van der Waals surface area contributed by atoms with Gasteiger partial charge in [0.25, 0.3) is 0 Å². The number of aromatic nitrogens is 3. The van der Waals surface area contributed by atoms with Crippen molar-refractivity contribution in [1.82, 2.24) is 25.0 Å². The van der Waals surface area contributed by atoms with E-state index in [0.29, 0.717) is 0 Å². The summed E-state index contributed by atoms with van der Waals surface area (Å²) in [5.41, 5.74) is 6.36. The Morgan fingerprint density at radius 1 is 1.20 bits per heavy atom. The van der Waals surface area contributed by atoms with Crippen molar-refractivity contribution in [2.45, 2.75) is 45.6 Å². The highest BCUT2D eigenvalue weighted by atomic mass is 15.3. The third-order valence-corrected chi connectivity index (χ3v) is 5.67. The number of hydrogen-bond acceptors (Lipinski definition) is 4. The van der Waals surface area contributed by atoms with Gasteiger partial charge in [-0.05, 0) is 65.4 Å². The Bertz CT molecular complexity index is 710. The molecule has 1 N–H and O–H groups in total. The van der Waals surface area contributed by atoms with Crippen LogP contribution in [0.3, 0.4) is 0 Å². The summed E-state index contributed by atoms with van der Waals surface area (Å²) in [6.45, 7) is 10.5. The number of piperidine rings is 1. The minimum absolute atomic E-state index is 0.137. The lowest BCUT2D eigenvalue weighted by Crippen LogP contribution is -2.47. The van der Waals surface area contributed by atoms with E-state index in [1.807, 2.05) is 17.9 Å².